The van der Waals surface area contributed by atoms with Crippen LogP contribution < -0.4 is 10.1 Å². The maximum Gasteiger partial charge on any atom is 0.409 e. The van der Waals surface area contributed by atoms with Gasteiger partial charge >= 0.3 is 6.18 Å². The Bertz CT molecular complexity index is 1030. The third-order valence-corrected chi connectivity index (χ3v) is 4.64. The fourth-order valence-corrected chi connectivity index (χ4v) is 3.03. The van der Waals surface area contributed by atoms with Crippen LogP contribution in [0.15, 0.2) is 94.1 Å². The fourth-order valence-electron chi connectivity index (χ4n) is 2.23. The number of nitrogens with one attached hydrogen (secondary N) is 1. The van der Waals surface area contributed by atoms with Crippen molar-refractivity contribution in [3.05, 3.63) is 79.3 Å². The molecular weight excluding hydrogens is 437 g/mol. The van der Waals surface area contributed by atoms with E-state index in [1.165, 1.54) is 6.92 Å². The lowest BCUT2D eigenvalue weighted by molar-refractivity contribution is -0.0799. The number of aromatic nitrogens is 2. The summed E-state index contributed by atoms with van der Waals surface area (Å²) in [7, 11) is 1.73. The summed E-state index contributed by atoms with van der Waals surface area (Å²) in [5.74, 6) is 2.80. The summed E-state index contributed by atoms with van der Waals surface area (Å²) in [5, 5.41) is 3.17. The predicted octanol–water partition coefficient (Wildman–Crippen LogP) is 7.01. The van der Waals surface area contributed by atoms with E-state index < -0.39 is 6.18 Å². The van der Waals surface area contributed by atoms with Crippen LogP contribution in [0.3, 0.4) is 0 Å². The predicted molar refractivity (Wildman–Crippen MR) is 123 cm³/mol. The van der Waals surface area contributed by atoms with E-state index in [0.29, 0.717) is 11.6 Å². The van der Waals surface area contributed by atoms with Crippen LogP contribution in [0.2, 0.25) is 0 Å². The van der Waals surface area contributed by atoms with Gasteiger partial charge < -0.3 is 10.1 Å². The number of halogens is 3. The summed E-state index contributed by atoms with van der Waals surface area (Å²) >= 11 is 1.61. The fraction of sp³-hybridized carbons (Fsp3) is 0.174. The van der Waals surface area contributed by atoms with Gasteiger partial charge in [0, 0.05) is 47.6 Å². The van der Waals surface area contributed by atoms with Crippen molar-refractivity contribution < 1.29 is 17.9 Å². The van der Waals surface area contributed by atoms with Gasteiger partial charge in [-0.3, -0.25) is 9.98 Å². The normalized spacial score (nSPS) is 11.6. The standard InChI is InChI=1S/C19H18N4OS.C4H5F3/c1-14(20-2)23-19-18(24-15-6-4-3-5-7-15)12-17(13-22-19)25-16-8-10-21-11-9-16;1-2-3-4(5,6)7/h3-13H,1-2H3,(H,20,22,23);2-3H,1H3/b;3-2-. The highest BCUT2D eigenvalue weighted by atomic mass is 32.2. The first-order valence-electron chi connectivity index (χ1n) is 9.52. The molecule has 9 heteroatoms. The monoisotopic (exact) mass is 460 g/mol. The maximum absolute atomic E-state index is 11.0. The van der Waals surface area contributed by atoms with Gasteiger partial charge in [-0.15, -0.1) is 0 Å². The largest absolute Gasteiger partial charge is 0.453 e. The molecule has 32 heavy (non-hydrogen) atoms. The van der Waals surface area contributed by atoms with E-state index in [-0.39, 0.29) is 6.08 Å². The summed E-state index contributed by atoms with van der Waals surface area (Å²) in [4.78, 5) is 14.7. The molecule has 3 aromatic rings. The number of ether oxygens (including phenoxy) is 1. The first-order valence-corrected chi connectivity index (χ1v) is 10.3. The molecule has 5 nitrogen and oxygen atoms in total. The van der Waals surface area contributed by atoms with Crippen LogP contribution in [0.4, 0.5) is 19.0 Å². The Balaban J connectivity index is 0.000000451. The summed E-state index contributed by atoms with van der Waals surface area (Å²) in [6, 6.07) is 15.5. The highest BCUT2D eigenvalue weighted by Crippen LogP contribution is 2.34. The van der Waals surface area contributed by atoms with E-state index in [2.05, 4.69) is 20.3 Å². The molecule has 0 bridgehead atoms. The van der Waals surface area contributed by atoms with Crippen molar-refractivity contribution in [1.82, 2.24) is 9.97 Å². The van der Waals surface area contributed by atoms with Crippen molar-refractivity contribution in [1.29, 1.82) is 0 Å². The molecule has 0 amide bonds. The Hall–Kier alpha value is -3.33. The minimum atomic E-state index is -4.13. The lowest BCUT2D eigenvalue weighted by Gasteiger charge is -2.13. The maximum atomic E-state index is 11.0. The lowest BCUT2D eigenvalue weighted by atomic mass is 10.3. The van der Waals surface area contributed by atoms with Crippen molar-refractivity contribution in [3.63, 3.8) is 0 Å². The average Bonchev–Trinajstić information content (AvgIpc) is 2.76. The van der Waals surface area contributed by atoms with Crippen LogP contribution in [0.5, 0.6) is 11.5 Å². The second kappa shape index (κ2) is 12.5. The topological polar surface area (TPSA) is 59.4 Å². The number of hydrogen-bond donors (Lipinski definition) is 1. The van der Waals surface area contributed by atoms with Crippen LogP contribution in [0.1, 0.15) is 13.8 Å². The molecule has 168 valence electrons. The third kappa shape index (κ3) is 9.22. The van der Waals surface area contributed by atoms with E-state index in [1.54, 1.807) is 31.2 Å². The molecule has 0 fully saturated rings. The molecule has 3 rings (SSSR count). The van der Waals surface area contributed by atoms with Crippen LogP contribution >= 0.6 is 11.8 Å². The van der Waals surface area contributed by atoms with Gasteiger partial charge in [-0.2, -0.15) is 13.2 Å². The van der Waals surface area contributed by atoms with Crippen LogP contribution in [0.25, 0.3) is 0 Å². The average molecular weight is 461 g/mol. The highest BCUT2D eigenvalue weighted by Gasteiger charge is 2.20. The van der Waals surface area contributed by atoms with E-state index >= 15 is 0 Å². The number of allylic oxidation sites excluding steroid dienone is 2. The number of benzene rings is 1. The van der Waals surface area contributed by atoms with Gasteiger partial charge in [-0.25, -0.2) is 4.98 Å². The molecule has 0 aliphatic heterocycles. The number of aliphatic imine (C=N–C) groups is 1. The first kappa shape index (κ1) is 24.9. The molecule has 1 aromatic carbocycles. The highest BCUT2D eigenvalue weighted by molar-refractivity contribution is 7.99. The van der Waals surface area contributed by atoms with Gasteiger partial charge in [-0.1, -0.05) is 36.0 Å². The molecular formula is C23H23F3N4OS. The number of hydrogen-bond acceptors (Lipinski definition) is 5. The van der Waals surface area contributed by atoms with Crippen molar-refractivity contribution in [2.24, 2.45) is 4.99 Å². The number of amidine groups is 1. The Morgan fingerprint density at radius 2 is 1.78 bits per heavy atom. The molecule has 0 saturated heterocycles. The SMILES string of the molecule is C/C=C\C(F)(F)F.CN=C(C)Nc1ncc(Sc2ccncc2)cc1Oc1ccccc1. The number of rotatable bonds is 5. The van der Waals surface area contributed by atoms with Crippen molar-refractivity contribution in [2.45, 2.75) is 29.8 Å². The zero-order chi connectivity index (χ0) is 23.4. The summed E-state index contributed by atoms with van der Waals surface area (Å²) < 4.78 is 38.9. The van der Waals surface area contributed by atoms with E-state index in [1.807, 2.05) is 61.7 Å². The molecule has 1 N–H and O–H groups in total. The first-order chi connectivity index (χ1) is 15.3. The molecule has 0 aliphatic rings. The second-order valence-corrected chi connectivity index (χ2v) is 7.34. The quantitative estimate of drug-likeness (QED) is 0.252. The van der Waals surface area contributed by atoms with Crippen molar-refractivity contribution in [3.8, 4) is 11.5 Å². The molecule has 0 radical (unpaired) electrons. The Kier molecular flexibility index (Phi) is 9.75. The molecule has 0 saturated carbocycles. The molecule has 0 spiro atoms. The third-order valence-electron chi connectivity index (χ3n) is 3.67. The molecule has 0 unspecified atom stereocenters. The number of para-hydroxylation sites is 1. The van der Waals surface area contributed by atoms with Crippen LogP contribution in [-0.2, 0) is 0 Å². The minimum Gasteiger partial charge on any atom is -0.453 e. The van der Waals surface area contributed by atoms with Gasteiger partial charge in [-0.05, 0) is 38.1 Å². The van der Waals surface area contributed by atoms with Crippen LogP contribution in [-0.4, -0.2) is 29.0 Å². The van der Waals surface area contributed by atoms with Gasteiger partial charge in [0.2, 0.25) is 0 Å². The molecule has 2 aromatic heterocycles. The van der Waals surface area contributed by atoms with Gasteiger partial charge in [0.1, 0.15) is 5.75 Å². The smallest absolute Gasteiger partial charge is 0.409 e. The number of nitrogens with zero attached hydrogens (tertiary/aromatic N) is 3. The van der Waals surface area contributed by atoms with E-state index in [4.69, 9.17) is 4.74 Å². The molecule has 0 atom stereocenters. The van der Waals surface area contributed by atoms with Crippen molar-refractivity contribution >= 4 is 23.4 Å². The van der Waals surface area contributed by atoms with E-state index in [0.717, 1.165) is 27.5 Å². The number of pyridine rings is 2. The van der Waals surface area contributed by atoms with Gasteiger partial charge in [0.15, 0.2) is 11.6 Å². The summed E-state index contributed by atoms with van der Waals surface area (Å²) in [6.07, 6.45) is 2.37. The second-order valence-electron chi connectivity index (χ2n) is 6.19. The Labute approximate surface area is 189 Å². The van der Waals surface area contributed by atoms with Crippen molar-refractivity contribution in [2.75, 3.05) is 12.4 Å². The lowest BCUT2D eigenvalue weighted by Crippen LogP contribution is -2.09. The van der Waals surface area contributed by atoms with Gasteiger partial charge in [0.25, 0.3) is 0 Å². The number of anilines is 1. The molecule has 2 heterocycles. The summed E-state index contributed by atoms with van der Waals surface area (Å²) in [5.41, 5.74) is 0. The van der Waals surface area contributed by atoms with Crippen LogP contribution in [0, 0.1) is 0 Å². The Morgan fingerprint density at radius 3 is 2.34 bits per heavy atom. The zero-order valence-electron chi connectivity index (χ0n) is 17.8. The molecule has 0 aliphatic carbocycles. The summed E-state index contributed by atoms with van der Waals surface area (Å²) in [6.45, 7) is 3.21. The van der Waals surface area contributed by atoms with Gasteiger partial charge in [0.05, 0.1) is 5.84 Å². The minimum absolute atomic E-state index is 0.188. The van der Waals surface area contributed by atoms with E-state index in [9.17, 15) is 13.2 Å². The number of alkyl halides is 3. The Morgan fingerprint density at radius 1 is 1.09 bits per heavy atom. The zero-order valence-corrected chi connectivity index (χ0v) is 18.6.